The zero-order valence-electron chi connectivity index (χ0n) is 82.4. The monoisotopic (exact) mass is 2100 g/mol. The van der Waals surface area contributed by atoms with Crippen molar-refractivity contribution in [3.63, 3.8) is 0 Å². The molecule has 39 heteroatoms. The summed E-state index contributed by atoms with van der Waals surface area (Å²) in [6.07, 6.45) is 2.29. The van der Waals surface area contributed by atoms with Gasteiger partial charge in [0.1, 0.15) is 70.5 Å². The number of rotatable bonds is 6. The fourth-order valence-corrected chi connectivity index (χ4v) is 23.5. The standard InChI is InChI=1S/C35H43F3N3O6.C34H41F3N3O6.C34H43F3N3O6.3V/c1-34(2,3)23-16-29(43)47-31-20-11-10-19(14-20)22(31)8-6-5-7-9-25-32(40-26-15-21(45-4)12-13-24(26)39-25)46-28-17-41(33(23)44)27(18-42)30(28)35(36,37)38;1-33(2,3)22-15-29(42)45-27-13-18-12-21(18)20(27)8-6-5-7-9-24-31(39-25-14-19(44-4)10-11-23(25)38-24)46-28-16-40(32(22)43)26(17-41)30(28)34(35,36)37;1-32(2,3)22-17-28(42)46-33(4)15-9-11-20(33)10-7-6-8-12-24-30(39-25-16-21(44-5)13-14-23(25)38-24)45-27-18-40(31(22)43)26(19-41)29(27)34(35,36)37;;;/h12-13,15,19-20,22-23,27-28,30-31H,5-11,14,16-17H2,1-4H3;10-11,14,18,20-22,26-28,30H,5-9,12-13,15-16H2,1-4H3;13-14,16,20,22,26-27,29H,6-12,15,17-18H2,1-5H3;;;/q3*-1;;;/t19-,20+,22-,23-,27-,28+,30+,31-;18?,20-,21?,22-,26-,27-,28+,30+;20-,22-,26-,27+,29+,33-;;;/m111.../s1. The Hall–Kier alpha value is -8.57. The van der Waals surface area contributed by atoms with Crippen LogP contribution < -0.4 is 28.4 Å². The fraction of sp³-hybridized carbons (Fsp3) is 0.680. The van der Waals surface area contributed by atoms with Crippen molar-refractivity contribution in [1.29, 1.82) is 0 Å². The van der Waals surface area contributed by atoms with Gasteiger partial charge in [0, 0.05) is 73.9 Å². The molecule has 8 bridgehead atoms. The summed E-state index contributed by atoms with van der Waals surface area (Å²) in [4.78, 5) is 150. The summed E-state index contributed by atoms with van der Waals surface area (Å²) in [7, 11) is 4.48. The van der Waals surface area contributed by atoms with E-state index in [-0.39, 0.29) is 128 Å². The van der Waals surface area contributed by atoms with Gasteiger partial charge in [0.15, 0.2) is 0 Å². The van der Waals surface area contributed by atoms with Crippen LogP contribution in [-0.4, -0.2) is 213 Å². The first-order valence-electron chi connectivity index (χ1n) is 49.1. The molecule has 3 aromatic heterocycles. The molecule has 3 saturated heterocycles. The minimum atomic E-state index is -4.91. The van der Waals surface area contributed by atoms with E-state index in [1.54, 1.807) is 117 Å². The molecule has 27 nitrogen and oxygen atoms in total. The number of esters is 3. The Labute approximate surface area is 857 Å². The number of carbonyl (C=O) groups excluding carboxylic acids is 9. The van der Waals surface area contributed by atoms with E-state index in [2.05, 4.69) is 15.0 Å². The van der Waals surface area contributed by atoms with Crippen molar-refractivity contribution in [2.45, 2.75) is 309 Å². The molecule has 773 valence electrons. The van der Waals surface area contributed by atoms with Crippen molar-refractivity contribution in [2.24, 2.45) is 93.2 Å². The van der Waals surface area contributed by atoms with E-state index in [4.69, 9.17) is 57.6 Å². The summed E-state index contributed by atoms with van der Waals surface area (Å²) in [5.41, 5.74) is 0.859. The Morgan fingerprint density at radius 2 is 0.725 bits per heavy atom. The first-order valence-corrected chi connectivity index (χ1v) is 49.1. The Morgan fingerprint density at radius 1 is 0.373 bits per heavy atom. The maximum Gasteiger partial charge on any atom is 0.395 e. The average Bonchev–Trinajstić information content (AvgIpc) is 1.57. The van der Waals surface area contributed by atoms with Crippen LogP contribution in [0.3, 0.4) is 0 Å². The van der Waals surface area contributed by atoms with E-state index in [0.717, 1.165) is 117 Å². The van der Waals surface area contributed by atoms with Crippen molar-refractivity contribution >= 4 is 87.6 Å². The van der Waals surface area contributed by atoms with Crippen LogP contribution in [0.5, 0.6) is 34.9 Å². The molecule has 11 aliphatic rings. The van der Waals surface area contributed by atoms with Gasteiger partial charge >= 0.3 is 36.4 Å². The second-order valence-corrected chi connectivity index (χ2v) is 43.4. The molecule has 142 heavy (non-hydrogen) atoms. The number of hydrogen-bond donors (Lipinski definition) is 0. The predicted octanol–water partition coefficient (Wildman–Crippen LogP) is 17.8. The molecule has 2 unspecified atom stereocenters. The number of halogens is 9. The number of amides is 3. The van der Waals surface area contributed by atoms with E-state index in [9.17, 15) is 82.7 Å². The van der Waals surface area contributed by atoms with E-state index in [0.29, 0.717) is 130 Å². The zero-order valence-corrected chi connectivity index (χ0v) is 86.6. The van der Waals surface area contributed by atoms with E-state index < -0.39 is 168 Å². The third kappa shape index (κ3) is 24.9. The molecular weight excluding hydrogens is 1970 g/mol. The number of methoxy groups -OCH3 is 3. The fourth-order valence-electron chi connectivity index (χ4n) is 23.5. The molecule has 8 fully saturated rings. The Bertz CT molecular complexity index is 5430. The van der Waals surface area contributed by atoms with Crippen molar-refractivity contribution < 1.29 is 181 Å². The molecule has 17 rings (SSSR count). The molecule has 0 N–H and O–H groups in total. The third-order valence-corrected chi connectivity index (χ3v) is 31.3. The predicted molar refractivity (Wildman–Crippen MR) is 489 cm³/mol. The van der Waals surface area contributed by atoms with Crippen LogP contribution in [0.4, 0.5) is 39.5 Å². The SMILES string of the molecule is COc1ccc2nc3c(nc2c1)O[C@H]1CN(C(=O)[C@H](C(C)(C)C)CC(=O)O[C@@H]2CC4CC4[C@H]2CCCCC3)[C@H]([C-]=O)[C@@H]1C(F)(F)F.COc1ccc2nc3c(nc2c1)O[C@H]1CN(C(=O)[C@H](C(C)(C)C)CC(=O)O[C@@H]2[C@H]4CC[C@H](C4)[C@H]2CCCCC3)[C@H]([C-]=O)[C@@H]1C(F)(F)F.COc1ccc2nc3c(nc2c1)O[C@H]1CN(C(=O)[C@H](C(C)(C)C)CC(=O)O[C@]2(C)CCC[C@H]2CCCCC3)[C@H]([C-]=O)[C@@H]1C(F)(F)F.[V].[V].[V]. The number of benzene rings is 3. The zero-order chi connectivity index (χ0) is 100. The summed E-state index contributed by atoms with van der Waals surface area (Å²) in [5, 5.41) is 0. The average molecular weight is 2100 g/mol. The van der Waals surface area contributed by atoms with Crippen LogP contribution in [0, 0.1) is 93.2 Å². The molecule has 6 aromatic rings. The number of hydrogen-bond acceptors (Lipinski definition) is 24. The van der Waals surface area contributed by atoms with Crippen LogP contribution in [0.25, 0.3) is 33.1 Å². The number of nitrogens with zero attached hydrogens (tertiary/aromatic N) is 9. The van der Waals surface area contributed by atoms with E-state index in [1.807, 2.05) is 6.92 Å². The molecule has 6 aliphatic heterocycles. The van der Waals surface area contributed by atoms with Gasteiger partial charge in [-0.25, -0.2) is 48.8 Å². The third-order valence-electron chi connectivity index (χ3n) is 31.3. The largest absolute Gasteiger partial charge is 0.540 e. The molecule has 3 amide bonds. The van der Waals surface area contributed by atoms with Crippen LogP contribution in [0.1, 0.15) is 234 Å². The van der Waals surface area contributed by atoms with E-state index >= 15 is 0 Å². The van der Waals surface area contributed by atoms with Gasteiger partial charge in [-0.15, -0.1) is 0 Å². The molecule has 5 saturated carbocycles. The number of aryl methyl sites for hydroxylation is 3. The maximum atomic E-state index is 14.7. The molecule has 9 heterocycles. The minimum absolute atomic E-state index is 0. The minimum Gasteiger partial charge on any atom is -0.540 e. The summed E-state index contributed by atoms with van der Waals surface area (Å²) in [6, 6.07) is 9.40. The van der Waals surface area contributed by atoms with Gasteiger partial charge in [0.05, 0.1) is 129 Å². The molecule has 0 spiro atoms. The van der Waals surface area contributed by atoms with Crippen LogP contribution in [-0.2, 0) is 132 Å². The quantitative estimate of drug-likeness (QED) is 0.0647. The van der Waals surface area contributed by atoms with Crippen molar-refractivity contribution in [3.05, 3.63) is 71.7 Å². The summed E-state index contributed by atoms with van der Waals surface area (Å²) < 4.78 is 184. The first kappa shape index (κ1) is 112. The van der Waals surface area contributed by atoms with Crippen LogP contribution >= 0.6 is 0 Å². The number of aromatic nitrogens is 6. The summed E-state index contributed by atoms with van der Waals surface area (Å²) in [5.74, 6) is -10.2. The number of carbonyl (C=O) groups is 6. The van der Waals surface area contributed by atoms with Crippen LogP contribution in [0.2, 0.25) is 0 Å². The maximum absolute atomic E-state index is 14.7. The van der Waals surface area contributed by atoms with Crippen molar-refractivity contribution in [3.8, 4) is 34.9 Å². The van der Waals surface area contributed by atoms with Gasteiger partial charge in [-0.3, -0.25) is 28.8 Å². The number of alkyl halides is 9. The normalized spacial score (nSPS) is 30.9. The topological polar surface area (TPSA) is 324 Å². The van der Waals surface area contributed by atoms with Crippen LogP contribution in [0.15, 0.2) is 54.6 Å². The smallest absolute Gasteiger partial charge is 0.395 e. The van der Waals surface area contributed by atoms with E-state index in [1.165, 1.54) is 40.2 Å². The number of fused-ring (bicyclic) bond motifs is 21. The van der Waals surface area contributed by atoms with Gasteiger partial charge in [0.25, 0.3) is 0 Å². The van der Waals surface area contributed by atoms with Crippen molar-refractivity contribution in [1.82, 2.24) is 44.6 Å². The second-order valence-electron chi connectivity index (χ2n) is 43.4. The molecule has 3 radical (unpaired) electrons. The first-order chi connectivity index (χ1) is 65.7. The molecule has 3 aromatic carbocycles. The van der Waals surface area contributed by atoms with Gasteiger partial charge in [0.2, 0.25) is 35.4 Å². The van der Waals surface area contributed by atoms with Gasteiger partial charge in [-0.1, -0.05) is 101 Å². The van der Waals surface area contributed by atoms with Crippen molar-refractivity contribution in [2.75, 3.05) is 41.0 Å². The van der Waals surface area contributed by atoms with Gasteiger partial charge in [-0.2, -0.15) is 39.5 Å². The number of ether oxygens (including phenoxy) is 9. The molecular formula is C103H127F9N9O18V3-3. The van der Waals surface area contributed by atoms with Gasteiger partial charge in [-0.05, 0) is 228 Å². The summed E-state index contributed by atoms with van der Waals surface area (Å²) in [6.45, 7) is 16.1. The Morgan fingerprint density at radius 3 is 1.09 bits per heavy atom. The molecule has 22 atom stereocenters. The second kappa shape index (κ2) is 45.4. The molecule has 5 aliphatic carbocycles. The van der Waals surface area contributed by atoms with Gasteiger partial charge < -0.3 is 71.7 Å². The summed E-state index contributed by atoms with van der Waals surface area (Å²) >= 11 is 0. The Kier molecular flexibility index (Phi) is 35.9. The Balaban J connectivity index is 0.000000188.